The Morgan fingerprint density at radius 2 is 1.63 bits per heavy atom. The lowest BCUT2D eigenvalue weighted by Gasteiger charge is -2.26. The molecule has 0 aromatic rings. The van der Waals surface area contributed by atoms with E-state index in [1.165, 1.54) is 31.3 Å². The normalized spacial score (nSPS) is 14.9. The molecule has 0 atom stereocenters. The summed E-state index contributed by atoms with van der Waals surface area (Å²) in [5.74, 6) is 1.41. The van der Waals surface area contributed by atoms with Gasteiger partial charge in [-0.1, -0.05) is 52.0 Å². The van der Waals surface area contributed by atoms with Gasteiger partial charge in [0.05, 0.1) is 0 Å². The summed E-state index contributed by atoms with van der Waals surface area (Å²) in [6.45, 7) is 18.2. The molecule has 1 fully saturated rings. The predicted octanol–water partition coefficient (Wildman–Crippen LogP) is 5.37. The summed E-state index contributed by atoms with van der Waals surface area (Å²) in [6.07, 6.45) is 5.95. The molecule has 1 saturated carbocycles. The second kappa shape index (κ2) is 11.1. The molecule has 0 amide bonds. The van der Waals surface area contributed by atoms with Crippen LogP contribution < -0.4 is 0 Å². The standard InChI is InChI=1S/C7H14O2.C6H12.C4H8/c1-6(2)7(3,4)9-5-8;1-6-4-2-3-5-6;1-4(2)3/h5-6H,1-4H3;6H,2-5H2,1H3;1H2,2-3H3. The minimum atomic E-state index is -0.318. The number of allylic oxidation sites excluding steroid dienone is 1. The van der Waals surface area contributed by atoms with E-state index in [4.69, 9.17) is 4.74 Å². The Balaban J connectivity index is 0. The molecule has 0 radical (unpaired) electrons. The first kappa shape index (κ1) is 20.5. The zero-order valence-corrected chi connectivity index (χ0v) is 14.1. The van der Waals surface area contributed by atoms with Crippen LogP contribution >= 0.6 is 0 Å². The van der Waals surface area contributed by atoms with E-state index in [1.807, 2.05) is 41.5 Å². The van der Waals surface area contributed by atoms with Crippen LogP contribution in [-0.4, -0.2) is 12.1 Å². The molecule has 0 aromatic heterocycles. The summed E-state index contributed by atoms with van der Waals surface area (Å²) < 4.78 is 4.81. The van der Waals surface area contributed by atoms with E-state index in [-0.39, 0.29) is 5.60 Å². The van der Waals surface area contributed by atoms with E-state index in [1.54, 1.807) is 0 Å². The van der Waals surface area contributed by atoms with Gasteiger partial charge < -0.3 is 4.74 Å². The van der Waals surface area contributed by atoms with Crippen molar-refractivity contribution < 1.29 is 9.53 Å². The van der Waals surface area contributed by atoms with Crippen LogP contribution in [0.25, 0.3) is 0 Å². The molecule has 114 valence electrons. The summed E-state index contributed by atoms with van der Waals surface area (Å²) >= 11 is 0. The average molecular weight is 270 g/mol. The first-order valence-corrected chi connectivity index (χ1v) is 7.37. The monoisotopic (exact) mass is 270 g/mol. The Kier molecular flexibility index (Phi) is 12.0. The Morgan fingerprint density at radius 3 is 1.74 bits per heavy atom. The van der Waals surface area contributed by atoms with Crippen LogP contribution in [0.1, 0.15) is 74.1 Å². The van der Waals surface area contributed by atoms with Crippen molar-refractivity contribution in [3.05, 3.63) is 12.2 Å². The van der Waals surface area contributed by atoms with E-state index < -0.39 is 0 Å². The highest BCUT2D eigenvalue weighted by Crippen LogP contribution is 2.23. The number of rotatable bonds is 3. The smallest absolute Gasteiger partial charge is 0.293 e. The first-order chi connectivity index (χ1) is 8.63. The molecule has 0 saturated heterocycles. The molecule has 1 aliphatic carbocycles. The fourth-order valence-electron chi connectivity index (χ4n) is 1.39. The van der Waals surface area contributed by atoms with Crippen molar-refractivity contribution >= 4 is 6.47 Å². The second-order valence-electron chi connectivity index (χ2n) is 6.57. The topological polar surface area (TPSA) is 26.3 Å². The van der Waals surface area contributed by atoms with Gasteiger partial charge in [-0.3, -0.25) is 4.79 Å². The van der Waals surface area contributed by atoms with Crippen LogP contribution in [0.15, 0.2) is 12.2 Å². The highest BCUT2D eigenvalue weighted by Gasteiger charge is 2.22. The summed E-state index contributed by atoms with van der Waals surface area (Å²) in [5.41, 5.74) is 0.849. The van der Waals surface area contributed by atoms with Crippen LogP contribution in [-0.2, 0) is 9.53 Å². The van der Waals surface area contributed by atoms with Crippen LogP contribution in [0.5, 0.6) is 0 Å². The lowest BCUT2D eigenvalue weighted by atomic mass is 9.95. The van der Waals surface area contributed by atoms with E-state index >= 15 is 0 Å². The summed E-state index contributed by atoms with van der Waals surface area (Å²) in [7, 11) is 0. The van der Waals surface area contributed by atoms with Gasteiger partial charge in [-0.05, 0) is 39.5 Å². The van der Waals surface area contributed by atoms with Gasteiger partial charge in [-0.15, -0.1) is 6.58 Å². The molecule has 2 nitrogen and oxygen atoms in total. The minimum absolute atomic E-state index is 0.318. The van der Waals surface area contributed by atoms with Crippen LogP contribution in [0.4, 0.5) is 0 Å². The Hall–Kier alpha value is -0.790. The van der Waals surface area contributed by atoms with E-state index in [0.717, 1.165) is 5.92 Å². The van der Waals surface area contributed by atoms with Gasteiger partial charge in [0.25, 0.3) is 6.47 Å². The third kappa shape index (κ3) is 15.2. The average Bonchev–Trinajstić information content (AvgIpc) is 2.69. The maximum absolute atomic E-state index is 9.90. The molecular weight excluding hydrogens is 236 g/mol. The first-order valence-electron chi connectivity index (χ1n) is 7.37. The minimum Gasteiger partial charge on any atom is -0.462 e. The quantitative estimate of drug-likeness (QED) is 0.509. The molecule has 0 aliphatic heterocycles. The lowest BCUT2D eigenvalue weighted by Crippen LogP contribution is -2.30. The van der Waals surface area contributed by atoms with E-state index in [9.17, 15) is 4.79 Å². The molecule has 19 heavy (non-hydrogen) atoms. The molecule has 1 rings (SSSR count). The fourth-order valence-corrected chi connectivity index (χ4v) is 1.39. The summed E-state index contributed by atoms with van der Waals surface area (Å²) in [6, 6.07) is 0. The molecular formula is C17H34O2. The van der Waals surface area contributed by atoms with Crippen molar-refractivity contribution in [3.8, 4) is 0 Å². The molecule has 0 heterocycles. The van der Waals surface area contributed by atoms with Crippen molar-refractivity contribution in [2.75, 3.05) is 0 Å². The zero-order chi connectivity index (χ0) is 15.5. The maximum atomic E-state index is 9.90. The number of hydrogen-bond donors (Lipinski definition) is 0. The summed E-state index contributed by atoms with van der Waals surface area (Å²) in [4.78, 5) is 9.90. The summed E-state index contributed by atoms with van der Waals surface area (Å²) in [5, 5.41) is 0. The van der Waals surface area contributed by atoms with E-state index in [0.29, 0.717) is 12.4 Å². The molecule has 2 heteroatoms. The molecule has 0 aromatic carbocycles. The van der Waals surface area contributed by atoms with Crippen molar-refractivity contribution in [1.29, 1.82) is 0 Å². The molecule has 1 aliphatic rings. The van der Waals surface area contributed by atoms with Crippen molar-refractivity contribution in [1.82, 2.24) is 0 Å². The molecule has 0 spiro atoms. The number of carbonyl (C=O) groups is 1. The SMILES string of the molecule is C=C(C)C.CC(C)C(C)(C)OC=O.CC1CCCC1. The largest absolute Gasteiger partial charge is 0.462 e. The lowest BCUT2D eigenvalue weighted by molar-refractivity contribution is -0.144. The predicted molar refractivity (Wildman–Crippen MR) is 84.2 cm³/mol. The Morgan fingerprint density at radius 1 is 1.26 bits per heavy atom. The maximum Gasteiger partial charge on any atom is 0.293 e. The molecule has 0 N–H and O–H groups in total. The molecule has 0 unspecified atom stereocenters. The van der Waals surface area contributed by atoms with Crippen LogP contribution in [0.2, 0.25) is 0 Å². The Bertz CT molecular complexity index is 232. The van der Waals surface area contributed by atoms with Gasteiger partial charge in [0, 0.05) is 0 Å². The van der Waals surface area contributed by atoms with Gasteiger partial charge in [-0.2, -0.15) is 0 Å². The number of hydrogen-bond acceptors (Lipinski definition) is 2. The third-order valence-electron chi connectivity index (χ3n) is 3.39. The van der Waals surface area contributed by atoms with Gasteiger partial charge in [0.15, 0.2) is 0 Å². The third-order valence-corrected chi connectivity index (χ3v) is 3.39. The van der Waals surface area contributed by atoms with Gasteiger partial charge in [0.2, 0.25) is 0 Å². The van der Waals surface area contributed by atoms with E-state index in [2.05, 4.69) is 13.5 Å². The van der Waals surface area contributed by atoms with Gasteiger partial charge >= 0.3 is 0 Å². The van der Waals surface area contributed by atoms with Crippen molar-refractivity contribution in [3.63, 3.8) is 0 Å². The second-order valence-corrected chi connectivity index (χ2v) is 6.57. The van der Waals surface area contributed by atoms with Crippen molar-refractivity contribution in [2.24, 2.45) is 11.8 Å². The van der Waals surface area contributed by atoms with Crippen LogP contribution in [0, 0.1) is 11.8 Å². The zero-order valence-electron chi connectivity index (χ0n) is 14.1. The van der Waals surface area contributed by atoms with Gasteiger partial charge in [-0.25, -0.2) is 0 Å². The fraction of sp³-hybridized carbons (Fsp3) is 0.824. The highest BCUT2D eigenvalue weighted by atomic mass is 16.5. The molecule has 0 bridgehead atoms. The Labute approximate surface area is 120 Å². The van der Waals surface area contributed by atoms with Gasteiger partial charge in [0.1, 0.15) is 5.60 Å². The highest BCUT2D eigenvalue weighted by molar-refractivity contribution is 5.38. The van der Waals surface area contributed by atoms with Crippen molar-refractivity contribution in [2.45, 2.75) is 79.8 Å². The number of ether oxygens (including phenoxy) is 1. The van der Waals surface area contributed by atoms with Crippen LogP contribution in [0.3, 0.4) is 0 Å². The number of carbonyl (C=O) groups excluding carboxylic acids is 1.